The van der Waals surface area contributed by atoms with Crippen LogP contribution >= 0.6 is 0 Å². The van der Waals surface area contributed by atoms with Crippen LogP contribution < -0.4 is 5.32 Å². The third-order valence-corrected chi connectivity index (χ3v) is 2.76. The normalized spacial score (nSPS) is 26.5. The van der Waals surface area contributed by atoms with Gasteiger partial charge in [-0.25, -0.2) is 4.79 Å². The van der Waals surface area contributed by atoms with Crippen LogP contribution in [0.25, 0.3) is 0 Å². The highest BCUT2D eigenvalue weighted by Crippen LogP contribution is 2.24. The minimum Gasteiger partial charge on any atom is -0.479 e. The van der Waals surface area contributed by atoms with Crippen LogP contribution in [0.4, 0.5) is 0 Å². The van der Waals surface area contributed by atoms with E-state index in [-0.39, 0.29) is 12.8 Å². The Labute approximate surface area is 79.9 Å². The van der Waals surface area contributed by atoms with Crippen LogP contribution in [0.2, 0.25) is 0 Å². The number of hydrogen-bond acceptors (Lipinski definition) is 4. The number of carbonyl (C=O) groups excluding carboxylic acids is 1. The molecule has 8 heteroatoms. The van der Waals surface area contributed by atoms with Crippen molar-refractivity contribution < 1.29 is 27.7 Å². The van der Waals surface area contributed by atoms with Crippen LogP contribution in [-0.4, -0.2) is 41.2 Å². The predicted octanol–water partition coefficient (Wildman–Crippen LogP) is -1.39. The second kappa shape index (κ2) is 3.21. The van der Waals surface area contributed by atoms with Crippen LogP contribution in [0.5, 0.6) is 0 Å². The maximum absolute atomic E-state index is 10.7. The van der Waals surface area contributed by atoms with E-state index < -0.39 is 33.3 Å². The van der Waals surface area contributed by atoms with E-state index in [4.69, 9.17) is 9.66 Å². The summed E-state index contributed by atoms with van der Waals surface area (Å²) in [6.07, 6.45) is -0.579. The summed E-state index contributed by atoms with van der Waals surface area (Å²) in [6, 6.07) is 0. The van der Waals surface area contributed by atoms with Gasteiger partial charge in [0.1, 0.15) is 5.54 Å². The van der Waals surface area contributed by atoms with Gasteiger partial charge < -0.3 is 10.4 Å². The Kier molecular flexibility index (Phi) is 2.50. The zero-order chi connectivity index (χ0) is 11.0. The number of hydrogen-bond donors (Lipinski definition) is 3. The molecule has 0 radical (unpaired) electrons. The monoisotopic (exact) mass is 223 g/mol. The molecule has 1 saturated heterocycles. The fraction of sp³-hybridized carbons (Fsp3) is 0.667. The highest BCUT2D eigenvalue weighted by Gasteiger charge is 2.49. The van der Waals surface area contributed by atoms with Gasteiger partial charge in [0.05, 0.1) is 12.2 Å². The van der Waals surface area contributed by atoms with Crippen molar-refractivity contribution in [3.8, 4) is 0 Å². The average molecular weight is 223 g/mol. The first-order valence-corrected chi connectivity index (χ1v) is 5.36. The summed E-state index contributed by atoms with van der Waals surface area (Å²) in [5.41, 5.74) is -1.52. The Morgan fingerprint density at radius 1 is 1.57 bits per heavy atom. The number of rotatable bonds is 4. The summed E-state index contributed by atoms with van der Waals surface area (Å²) in [7, 11) is -4.20. The van der Waals surface area contributed by atoms with Gasteiger partial charge in [0, 0.05) is 0 Å². The molecule has 1 atom stereocenters. The summed E-state index contributed by atoms with van der Waals surface area (Å²) in [6.45, 7) is 0. The minimum atomic E-state index is -4.20. The molecule has 80 valence electrons. The summed E-state index contributed by atoms with van der Waals surface area (Å²) < 4.78 is 29.2. The van der Waals surface area contributed by atoms with Crippen molar-refractivity contribution in [3.05, 3.63) is 0 Å². The van der Waals surface area contributed by atoms with Crippen LogP contribution in [0.1, 0.15) is 12.8 Å². The average Bonchev–Trinajstić information content (AvgIpc) is 1.93. The van der Waals surface area contributed by atoms with E-state index in [1.165, 1.54) is 0 Å². The number of carboxylic acids is 1. The van der Waals surface area contributed by atoms with Gasteiger partial charge in [-0.3, -0.25) is 9.35 Å². The van der Waals surface area contributed by atoms with Crippen molar-refractivity contribution in [2.45, 2.75) is 18.4 Å². The van der Waals surface area contributed by atoms with E-state index in [0.29, 0.717) is 0 Å². The predicted molar refractivity (Wildman–Crippen MR) is 44.2 cm³/mol. The molecule has 1 aliphatic heterocycles. The Bertz CT molecular complexity index is 364. The Morgan fingerprint density at radius 3 is 2.36 bits per heavy atom. The van der Waals surface area contributed by atoms with E-state index in [0.717, 1.165) is 0 Å². The molecule has 1 unspecified atom stereocenters. The lowest BCUT2D eigenvalue weighted by Crippen LogP contribution is -2.66. The second-order valence-electron chi connectivity index (χ2n) is 3.15. The minimum absolute atomic E-state index is 0.252. The van der Waals surface area contributed by atoms with Crippen molar-refractivity contribution in [1.29, 1.82) is 0 Å². The highest BCUT2D eigenvalue weighted by atomic mass is 32.2. The molecule has 14 heavy (non-hydrogen) atoms. The summed E-state index contributed by atoms with van der Waals surface area (Å²) in [5, 5.41) is 10.8. The third kappa shape index (κ3) is 2.20. The van der Waals surface area contributed by atoms with E-state index in [2.05, 4.69) is 5.32 Å². The fourth-order valence-corrected chi connectivity index (χ4v) is 1.82. The molecular formula is C6H9NO6S. The number of carbonyl (C=O) groups is 2. The Hall–Kier alpha value is -1.15. The van der Waals surface area contributed by atoms with Crippen LogP contribution in [-0.2, 0) is 19.7 Å². The molecule has 7 nitrogen and oxygen atoms in total. The molecule has 0 aromatic carbocycles. The van der Waals surface area contributed by atoms with Crippen molar-refractivity contribution in [2.75, 3.05) is 5.75 Å². The summed E-state index contributed by atoms with van der Waals surface area (Å²) in [4.78, 5) is 21.2. The number of nitrogens with one attached hydrogen (secondary N) is 1. The molecule has 3 N–H and O–H groups in total. The van der Waals surface area contributed by atoms with Crippen LogP contribution in [0, 0.1) is 0 Å². The van der Waals surface area contributed by atoms with E-state index in [1.807, 2.05) is 0 Å². The molecule has 1 fully saturated rings. The second-order valence-corrected chi connectivity index (χ2v) is 4.72. The first-order chi connectivity index (χ1) is 6.25. The van der Waals surface area contributed by atoms with Crippen molar-refractivity contribution in [2.24, 2.45) is 0 Å². The lowest BCUT2D eigenvalue weighted by molar-refractivity contribution is -0.156. The maximum Gasteiger partial charge on any atom is 0.329 e. The fourth-order valence-electron chi connectivity index (χ4n) is 1.21. The molecule has 1 heterocycles. The molecule has 0 aromatic rings. The van der Waals surface area contributed by atoms with Crippen molar-refractivity contribution in [1.82, 2.24) is 5.32 Å². The molecule has 0 bridgehead atoms. The zero-order valence-electron chi connectivity index (χ0n) is 7.06. The van der Waals surface area contributed by atoms with E-state index >= 15 is 0 Å². The van der Waals surface area contributed by atoms with Gasteiger partial charge in [-0.05, 0) is 6.42 Å². The maximum atomic E-state index is 10.7. The van der Waals surface area contributed by atoms with Gasteiger partial charge in [-0.2, -0.15) is 8.42 Å². The zero-order valence-corrected chi connectivity index (χ0v) is 7.87. The molecular weight excluding hydrogens is 214 g/mol. The van der Waals surface area contributed by atoms with Gasteiger partial charge in [0.15, 0.2) is 0 Å². The molecule has 0 saturated carbocycles. The lowest BCUT2D eigenvalue weighted by atomic mass is 9.85. The van der Waals surface area contributed by atoms with Gasteiger partial charge in [0.25, 0.3) is 10.1 Å². The quantitative estimate of drug-likeness (QED) is 0.398. The van der Waals surface area contributed by atoms with E-state index in [1.54, 1.807) is 0 Å². The molecule has 1 rings (SSSR count). The number of amides is 1. The first-order valence-electron chi connectivity index (χ1n) is 3.75. The number of aliphatic carboxylic acids is 1. The third-order valence-electron chi connectivity index (χ3n) is 2.04. The van der Waals surface area contributed by atoms with E-state index in [9.17, 15) is 18.0 Å². The standard InChI is InChI=1S/C6H9NO6S/c8-4-3-6(7-4,5(9)10)1-2-14(11,12)13/h1-3H2,(H,7,8)(H,9,10)(H,11,12,13). The van der Waals surface area contributed by atoms with Gasteiger partial charge >= 0.3 is 5.97 Å². The van der Waals surface area contributed by atoms with Gasteiger partial charge in [-0.15, -0.1) is 0 Å². The molecule has 0 aromatic heterocycles. The highest BCUT2D eigenvalue weighted by molar-refractivity contribution is 7.85. The summed E-state index contributed by atoms with van der Waals surface area (Å²) >= 11 is 0. The molecule has 1 amide bonds. The molecule has 1 aliphatic rings. The topological polar surface area (TPSA) is 121 Å². The van der Waals surface area contributed by atoms with Crippen LogP contribution in [0.3, 0.4) is 0 Å². The van der Waals surface area contributed by atoms with Gasteiger partial charge in [-0.1, -0.05) is 0 Å². The smallest absolute Gasteiger partial charge is 0.329 e. The van der Waals surface area contributed by atoms with Crippen molar-refractivity contribution in [3.63, 3.8) is 0 Å². The number of β-lactam (4-membered cyclic amide) rings is 1. The van der Waals surface area contributed by atoms with Crippen LogP contribution in [0.15, 0.2) is 0 Å². The molecule has 0 spiro atoms. The number of carboxylic acid groups (broad SMARTS) is 1. The SMILES string of the molecule is O=C1CC(CCS(=O)(=O)O)(C(=O)O)N1. The van der Waals surface area contributed by atoms with Crippen molar-refractivity contribution >= 4 is 22.0 Å². The summed E-state index contributed by atoms with van der Waals surface area (Å²) in [5.74, 6) is -2.41. The Morgan fingerprint density at radius 2 is 2.07 bits per heavy atom. The Balaban J connectivity index is 2.64. The largest absolute Gasteiger partial charge is 0.479 e. The van der Waals surface area contributed by atoms with Gasteiger partial charge in [0.2, 0.25) is 5.91 Å². The molecule has 0 aliphatic carbocycles. The lowest BCUT2D eigenvalue weighted by Gasteiger charge is -2.37. The first kappa shape index (κ1) is 10.9.